The van der Waals surface area contributed by atoms with Gasteiger partial charge >= 0.3 is 24.7 Å². The second-order valence-electron chi connectivity index (χ2n) is 6.12. The van der Waals surface area contributed by atoms with E-state index in [0.29, 0.717) is 12.1 Å². The molecule has 168 valence electrons. The fourth-order valence-electron chi connectivity index (χ4n) is 2.86. The zero-order valence-electron chi connectivity index (χ0n) is 13.9. The van der Waals surface area contributed by atoms with E-state index in [1.807, 2.05) is 0 Å². The standard InChI is InChI=1S/C16H8F12O2/c17-13(18,19)11(29,14(20,21)22)9-5-6-10(8-4-2-1-3-7(8)9)12(30,15(23,24)25)16(26,27)28/h1-6,29-30H. The molecule has 2 aromatic carbocycles. The van der Waals surface area contributed by atoms with Crippen molar-refractivity contribution in [1.29, 1.82) is 0 Å². The van der Waals surface area contributed by atoms with E-state index in [0.717, 1.165) is 12.1 Å². The molecule has 0 atom stereocenters. The van der Waals surface area contributed by atoms with Crippen LogP contribution < -0.4 is 0 Å². The maximum atomic E-state index is 13.1. The van der Waals surface area contributed by atoms with Gasteiger partial charge in [-0.05, 0) is 10.8 Å². The minimum atomic E-state index is -6.44. The molecule has 0 spiro atoms. The van der Waals surface area contributed by atoms with Crippen molar-refractivity contribution in [3.8, 4) is 0 Å². The minimum Gasteiger partial charge on any atom is -0.369 e. The smallest absolute Gasteiger partial charge is 0.369 e. The molecule has 0 amide bonds. The molecule has 2 rings (SSSR count). The number of halogens is 12. The maximum absolute atomic E-state index is 13.1. The monoisotopic (exact) mass is 460 g/mol. The summed E-state index contributed by atoms with van der Waals surface area (Å²) in [5, 5.41) is 16.2. The summed E-state index contributed by atoms with van der Waals surface area (Å²) in [5.41, 5.74) is -15.4. The lowest BCUT2D eigenvalue weighted by Gasteiger charge is -2.36. The third-order valence-electron chi connectivity index (χ3n) is 4.34. The summed E-state index contributed by atoms with van der Waals surface area (Å²) in [6.07, 6.45) is -25.8. The molecule has 0 aromatic heterocycles. The van der Waals surface area contributed by atoms with Crippen LogP contribution in [-0.2, 0) is 11.2 Å². The van der Waals surface area contributed by atoms with Gasteiger partial charge < -0.3 is 10.2 Å². The molecule has 0 saturated heterocycles. The van der Waals surface area contributed by atoms with Crippen LogP contribution in [0.1, 0.15) is 11.1 Å². The highest BCUT2D eigenvalue weighted by molar-refractivity contribution is 5.90. The molecule has 0 fully saturated rings. The van der Waals surface area contributed by atoms with Gasteiger partial charge in [0.15, 0.2) is 0 Å². The summed E-state index contributed by atoms with van der Waals surface area (Å²) in [4.78, 5) is 0. The number of hydrogen-bond donors (Lipinski definition) is 2. The molecule has 2 aromatic rings. The Labute approximate surface area is 158 Å². The van der Waals surface area contributed by atoms with Gasteiger partial charge in [0.1, 0.15) is 0 Å². The lowest BCUT2D eigenvalue weighted by atomic mass is 9.82. The quantitative estimate of drug-likeness (QED) is 0.585. The zero-order chi connectivity index (χ0) is 23.6. The summed E-state index contributed by atoms with van der Waals surface area (Å²) in [6, 6.07) is 1.38. The number of fused-ring (bicyclic) bond motifs is 1. The van der Waals surface area contributed by atoms with E-state index in [9.17, 15) is 62.9 Å². The first-order chi connectivity index (χ1) is 13.2. The number of benzene rings is 2. The molecular formula is C16H8F12O2. The van der Waals surface area contributed by atoms with Gasteiger partial charge in [0.2, 0.25) is 0 Å². The van der Waals surface area contributed by atoms with E-state index in [-0.39, 0.29) is 12.1 Å². The molecule has 0 aliphatic carbocycles. The zero-order valence-corrected chi connectivity index (χ0v) is 13.9. The maximum Gasteiger partial charge on any atom is 0.430 e. The van der Waals surface area contributed by atoms with Crippen LogP contribution >= 0.6 is 0 Å². The molecule has 2 nitrogen and oxygen atoms in total. The molecule has 30 heavy (non-hydrogen) atoms. The molecule has 0 bridgehead atoms. The summed E-state index contributed by atoms with van der Waals surface area (Å²) >= 11 is 0. The Balaban J connectivity index is 3.04. The second-order valence-corrected chi connectivity index (χ2v) is 6.12. The highest BCUT2D eigenvalue weighted by Gasteiger charge is 2.73. The molecule has 0 saturated carbocycles. The van der Waals surface area contributed by atoms with Gasteiger partial charge in [-0.25, -0.2) is 0 Å². The third-order valence-corrected chi connectivity index (χ3v) is 4.34. The molecule has 2 N–H and O–H groups in total. The molecule has 0 heterocycles. The summed E-state index contributed by atoms with van der Waals surface area (Å²) in [6.45, 7) is 0. The third kappa shape index (κ3) is 3.25. The Morgan fingerprint density at radius 3 is 0.867 bits per heavy atom. The van der Waals surface area contributed by atoms with Gasteiger partial charge in [-0.2, -0.15) is 52.7 Å². The lowest BCUT2D eigenvalue weighted by molar-refractivity contribution is -0.377. The first-order valence-electron chi connectivity index (χ1n) is 7.45. The molecular weight excluding hydrogens is 452 g/mol. The van der Waals surface area contributed by atoms with Crippen molar-refractivity contribution in [2.24, 2.45) is 0 Å². The van der Waals surface area contributed by atoms with Crippen LogP contribution in [0.3, 0.4) is 0 Å². The minimum absolute atomic E-state index is 0.351. The molecule has 0 radical (unpaired) electrons. The van der Waals surface area contributed by atoms with Crippen molar-refractivity contribution in [1.82, 2.24) is 0 Å². The van der Waals surface area contributed by atoms with E-state index >= 15 is 0 Å². The van der Waals surface area contributed by atoms with Crippen molar-refractivity contribution in [3.63, 3.8) is 0 Å². The van der Waals surface area contributed by atoms with E-state index in [4.69, 9.17) is 0 Å². The highest BCUT2D eigenvalue weighted by atomic mass is 19.4. The van der Waals surface area contributed by atoms with Gasteiger partial charge in [-0.3, -0.25) is 0 Å². The van der Waals surface area contributed by atoms with Crippen LogP contribution in [0.2, 0.25) is 0 Å². The van der Waals surface area contributed by atoms with E-state index in [1.54, 1.807) is 0 Å². The van der Waals surface area contributed by atoms with Gasteiger partial charge in [-0.15, -0.1) is 0 Å². The highest BCUT2D eigenvalue weighted by Crippen LogP contribution is 2.55. The summed E-state index contributed by atoms with van der Waals surface area (Å²) < 4.78 is 158. The fraction of sp³-hybridized carbons (Fsp3) is 0.375. The van der Waals surface area contributed by atoms with E-state index < -0.39 is 57.8 Å². The lowest BCUT2D eigenvalue weighted by Crippen LogP contribution is -2.55. The van der Waals surface area contributed by atoms with Crippen molar-refractivity contribution in [2.45, 2.75) is 35.9 Å². The Morgan fingerprint density at radius 1 is 0.433 bits per heavy atom. The SMILES string of the molecule is OC(c1ccc(C(O)(C(F)(F)F)C(F)(F)F)c2ccccc12)(C(F)(F)F)C(F)(F)F. The van der Waals surface area contributed by atoms with Gasteiger partial charge in [0.25, 0.3) is 11.2 Å². The van der Waals surface area contributed by atoms with E-state index in [2.05, 4.69) is 0 Å². The number of rotatable bonds is 2. The van der Waals surface area contributed by atoms with Crippen molar-refractivity contribution in [3.05, 3.63) is 47.5 Å². The Kier molecular flexibility index (Phi) is 5.32. The number of hydrogen-bond acceptors (Lipinski definition) is 2. The Hall–Kier alpha value is -2.22. The average molecular weight is 460 g/mol. The largest absolute Gasteiger partial charge is 0.430 e. The Bertz CT molecular complexity index is 832. The van der Waals surface area contributed by atoms with Gasteiger partial charge in [-0.1, -0.05) is 36.4 Å². The van der Waals surface area contributed by atoms with Crippen LogP contribution in [0.5, 0.6) is 0 Å². The first-order valence-corrected chi connectivity index (χ1v) is 7.45. The normalized spacial score (nSPS) is 15.0. The predicted octanol–water partition coefficient (Wildman–Crippen LogP) is 5.46. The predicted molar refractivity (Wildman–Crippen MR) is 76.0 cm³/mol. The van der Waals surface area contributed by atoms with Crippen LogP contribution in [0.25, 0.3) is 10.8 Å². The molecule has 14 heteroatoms. The van der Waals surface area contributed by atoms with Crippen LogP contribution in [0, 0.1) is 0 Å². The number of aliphatic hydroxyl groups is 2. The van der Waals surface area contributed by atoms with E-state index in [1.165, 1.54) is 0 Å². The fourth-order valence-corrected chi connectivity index (χ4v) is 2.86. The Morgan fingerprint density at radius 2 is 0.667 bits per heavy atom. The summed E-state index contributed by atoms with van der Waals surface area (Å²) in [5.74, 6) is 0. The molecule has 0 aliphatic rings. The van der Waals surface area contributed by atoms with Crippen LogP contribution in [0.15, 0.2) is 36.4 Å². The average Bonchev–Trinajstić information content (AvgIpc) is 2.55. The molecule has 0 aliphatic heterocycles. The first kappa shape index (κ1) is 24.1. The topological polar surface area (TPSA) is 40.5 Å². The van der Waals surface area contributed by atoms with Crippen molar-refractivity contribution >= 4 is 10.8 Å². The number of alkyl halides is 12. The van der Waals surface area contributed by atoms with Gasteiger partial charge in [0, 0.05) is 11.1 Å². The van der Waals surface area contributed by atoms with Crippen molar-refractivity contribution < 1.29 is 62.9 Å². The summed E-state index contributed by atoms with van der Waals surface area (Å²) in [7, 11) is 0. The van der Waals surface area contributed by atoms with Crippen LogP contribution in [0.4, 0.5) is 52.7 Å². The second kappa shape index (κ2) is 6.64. The van der Waals surface area contributed by atoms with Crippen LogP contribution in [-0.4, -0.2) is 34.9 Å². The van der Waals surface area contributed by atoms with Gasteiger partial charge in [0.05, 0.1) is 0 Å². The van der Waals surface area contributed by atoms with Crippen molar-refractivity contribution in [2.75, 3.05) is 0 Å². The molecule has 0 unspecified atom stereocenters.